The number of unbranched alkanes of at least 4 members (excludes halogenated alkanes) is 5. The second-order valence-corrected chi connectivity index (χ2v) is 19.2. The van der Waals surface area contributed by atoms with Crippen LogP contribution in [-0.4, -0.2) is 55.7 Å². The van der Waals surface area contributed by atoms with Crippen LogP contribution in [0, 0.1) is 17.8 Å². The Balaban J connectivity index is 2.12. The van der Waals surface area contributed by atoms with Gasteiger partial charge in [0, 0.05) is 25.6 Å². The van der Waals surface area contributed by atoms with E-state index in [1.807, 2.05) is 0 Å². The Morgan fingerprint density at radius 2 is 1.73 bits per heavy atom. The van der Waals surface area contributed by atoms with Gasteiger partial charge < -0.3 is 24.1 Å². The zero-order valence-electron chi connectivity index (χ0n) is 27.1. The normalized spacial score (nSPS) is 27.6. The van der Waals surface area contributed by atoms with Gasteiger partial charge in [0.2, 0.25) is 0 Å². The van der Waals surface area contributed by atoms with Crippen molar-refractivity contribution in [2.24, 2.45) is 17.8 Å². The van der Waals surface area contributed by atoms with E-state index in [-0.39, 0.29) is 42.0 Å². The van der Waals surface area contributed by atoms with Crippen molar-refractivity contribution >= 4 is 14.3 Å². The van der Waals surface area contributed by atoms with Crippen LogP contribution in [0.25, 0.3) is 0 Å². The van der Waals surface area contributed by atoms with E-state index in [0.717, 1.165) is 70.8 Å². The van der Waals surface area contributed by atoms with Crippen molar-refractivity contribution in [1.29, 1.82) is 0 Å². The van der Waals surface area contributed by atoms with Crippen LogP contribution in [0.2, 0.25) is 18.1 Å². The van der Waals surface area contributed by atoms with Crippen LogP contribution in [-0.2, 0) is 18.7 Å². The maximum Gasteiger partial charge on any atom is 0.303 e. The van der Waals surface area contributed by atoms with Gasteiger partial charge in [-0.2, -0.15) is 0 Å². The minimum Gasteiger partial charge on any atom is -0.481 e. The lowest BCUT2D eigenvalue weighted by molar-refractivity contribution is -0.196. The zero-order chi connectivity index (χ0) is 29.8. The van der Waals surface area contributed by atoms with Gasteiger partial charge in [-0.3, -0.25) is 4.79 Å². The van der Waals surface area contributed by atoms with Gasteiger partial charge in [-0.15, -0.1) is 0 Å². The quantitative estimate of drug-likeness (QED) is 0.117. The first-order valence-electron chi connectivity index (χ1n) is 16.7. The summed E-state index contributed by atoms with van der Waals surface area (Å²) in [6.07, 6.45) is 15.6. The topological polar surface area (TPSA) is 85.2 Å². The van der Waals surface area contributed by atoms with Crippen molar-refractivity contribution in [1.82, 2.24) is 0 Å². The molecule has 7 heteroatoms. The SMILES string of the molecule is CCCCCC(C)C(CC[C@H]1C(OC2CCCCO2)C[C@H](O)[C@@H]1CCCCCCC(=O)O)O[Si](C)(C)C(C)(C)C. The Labute approximate surface area is 247 Å². The molecule has 0 radical (unpaired) electrons. The number of ether oxygens (including phenoxy) is 2. The Bertz CT molecular complexity index is 702. The molecule has 1 aliphatic carbocycles. The molecule has 0 bridgehead atoms. The third kappa shape index (κ3) is 12.0. The molecule has 2 aliphatic rings. The average molecular weight is 585 g/mol. The van der Waals surface area contributed by atoms with E-state index in [2.05, 4.69) is 47.7 Å². The molecule has 1 saturated heterocycles. The first-order valence-corrected chi connectivity index (χ1v) is 19.6. The van der Waals surface area contributed by atoms with E-state index >= 15 is 0 Å². The number of aliphatic hydroxyl groups is 1. The number of carboxylic acids is 1. The van der Waals surface area contributed by atoms with E-state index < -0.39 is 14.3 Å². The first-order chi connectivity index (χ1) is 18.9. The van der Waals surface area contributed by atoms with Gasteiger partial charge in [0.05, 0.1) is 12.2 Å². The lowest BCUT2D eigenvalue weighted by Gasteiger charge is -2.41. The first kappa shape index (κ1) is 35.7. The Morgan fingerprint density at radius 1 is 1.00 bits per heavy atom. The van der Waals surface area contributed by atoms with Crippen LogP contribution in [0.4, 0.5) is 0 Å². The molecule has 1 aliphatic heterocycles. The number of rotatable bonds is 19. The number of hydrogen-bond acceptors (Lipinski definition) is 5. The second-order valence-electron chi connectivity index (χ2n) is 14.4. The second kappa shape index (κ2) is 17.6. The highest BCUT2D eigenvalue weighted by Crippen LogP contribution is 2.44. The summed E-state index contributed by atoms with van der Waals surface area (Å²) in [6, 6.07) is 0. The maximum atomic E-state index is 11.2. The van der Waals surface area contributed by atoms with Crippen LogP contribution in [0.5, 0.6) is 0 Å². The maximum absolute atomic E-state index is 11.2. The third-order valence-corrected chi connectivity index (χ3v) is 14.6. The van der Waals surface area contributed by atoms with Crippen LogP contribution in [0.15, 0.2) is 0 Å². The number of carboxylic acid groups (broad SMARTS) is 1. The van der Waals surface area contributed by atoms with Gasteiger partial charge in [0.1, 0.15) is 0 Å². The number of aliphatic hydroxyl groups excluding tert-OH is 1. The molecule has 40 heavy (non-hydrogen) atoms. The molecule has 0 spiro atoms. The molecular weight excluding hydrogens is 520 g/mol. The monoisotopic (exact) mass is 584 g/mol. The Morgan fingerprint density at radius 3 is 2.35 bits per heavy atom. The van der Waals surface area contributed by atoms with Gasteiger partial charge in [-0.25, -0.2) is 0 Å². The smallest absolute Gasteiger partial charge is 0.303 e. The van der Waals surface area contributed by atoms with E-state index in [4.69, 9.17) is 19.0 Å². The minimum absolute atomic E-state index is 0.0269. The van der Waals surface area contributed by atoms with Crippen molar-refractivity contribution < 1.29 is 28.9 Å². The predicted octanol–water partition coefficient (Wildman–Crippen LogP) is 8.71. The molecule has 7 atom stereocenters. The minimum atomic E-state index is -1.92. The molecule has 0 aromatic heterocycles. The average Bonchev–Trinajstić information content (AvgIpc) is 3.17. The van der Waals surface area contributed by atoms with Gasteiger partial charge in [0.15, 0.2) is 14.6 Å². The van der Waals surface area contributed by atoms with Crippen molar-refractivity contribution in [3.63, 3.8) is 0 Å². The summed E-state index contributed by atoms with van der Waals surface area (Å²) in [6.45, 7) is 17.1. The third-order valence-electron chi connectivity index (χ3n) is 10.1. The molecular formula is C33H64O6Si. The summed E-state index contributed by atoms with van der Waals surface area (Å²) < 4.78 is 19.6. The van der Waals surface area contributed by atoms with Crippen molar-refractivity contribution in [2.75, 3.05) is 6.61 Å². The highest BCUT2D eigenvalue weighted by molar-refractivity contribution is 6.74. The van der Waals surface area contributed by atoms with Crippen LogP contribution in [0.1, 0.15) is 137 Å². The summed E-state index contributed by atoms with van der Waals surface area (Å²) in [5.74, 6) is 0.320. The largest absolute Gasteiger partial charge is 0.481 e. The lowest BCUT2D eigenvalue weighted by Crippen LogP contribution is -2.45. The standard InChI is InChI=1S/C33H64O6Si/c1-8-9-12-17-25(2)29(39-40(6,7)33(3,4)5)22-21-27-26(18-13-10-11-14-19-31(35)36)28(34)24-30(27)38-32-20-15-16-23-37-32/h25-30,32,34H,8-24H2,1-7H3,(H,35,36)/t25?,26-,27-,28+,29?,30?,32?/m1/s1. The molecule has 0 aromatic rings. The van der Waals surface area contributed by atoms with Gasteiger partial charge in [0.25, 0.3) is 0 Å². The summed E-state index contributed by atoms with van der Waals surface area (Å²) in [5.41, 5.74) is 0. The molecule has 0 amide bonds. The molecule has 4 unspecified atom stereocenters. The van der Waals surface area contributed by atoms with Crippen molar-refractivity contribution in [3.8, 4) is 0 Å². The fourth-order valence-corrected chi connectivity index (χ4v) is 7.87. The summed E-state index contributed by atoms with van der Waals surface area (Å²) >= 11 is 0. The number of aliphatic carboxylic acids is 1. The highest BCUT2D eigenvalue weighted by Gasteiger charge is 2.45. The van der Waals surface area contributed by atoms with Crippen molar-refractivity contribution in [3.05, 3.63) is 0 Å². The fourth-order valence-electron chi connectivity index (χ4n) is 6.41. The Kier molecular flexibility index (Phi) is 15.7. The van der Waals surface area contributed by atoms with E-state index in [0.29, 0.717) is 18.3 Å². The predicted molar refractivity (Wildman–Crippen MR) is 166 cm³/mol. The van der Waals surface area contributed by atoms with E-state index in [1.54, 1.807) is 0 Å². The van der Waals surface area contributed by atoms with E-state index in [9.17, 15) is 9.90 Å². The summed E-state index contributed by atoms with van der Waals surface area (Å²) in [4.78, 5) is 10.9. The number of hydrogen-bond donors (Lipinski definition) is 2. The van der Waals surface area contributed by atoms with Crippen LogP contribution < -0.4 is 0 Å². The van der Waals surface area contributed by atoms with Crippen LogP contribution in [0.3, 0.4) is 0 Å². The van der Waals surface area contributed by atoms with Gasteiger partial charge in [-0.05, 0) is 87.3 Å². The molecule has 2 N–H and O–H groups in total. The molecule has 2 rings (SSSR count). The zero-order valence-corrected chi connectivity index (χ0v) is 28.1. The van der Waals surface area contributed by atoms with E-state index in [1.165, 1.54) is 25.7 Å². The molecule has 0 aromatic carbocycles. The fraction of sp³-hybridized carbons (Fsp3) is 0.970. The lowest BCUT2D eigenvalue weighted by atomic mass is 9.83. The Hall–Kier alpha value is -0.473. The summed E-state index contributed by atoms with van der Waals surface area (Å²) in [7, 11) is -1.92. The van der Waals surface area contributed by atoms with Gasteiger partial charge >= 0.3 is 5.97 Å². The molecule has 1 saturated carbocycles. The highest BCUT2D eigenvalue weighted by atomic mass is 28.4. The van der Waals surface area contributed by atoms with Crippen molar-refractivity contribution in [2.45, 2.75) is 180 Å². The molecule has 2 fully saturated rings. The number of carbonyl (C=O) groups is 1. The van der Waals surface area contributed by atoms with Gasteiger partial charge in [-0.1, -0.05) is 73.1 Å². The molecule has 1 heterocycles. The van der Waals surface area contributed by atoms with Crippen LogP contribution >= 0.6 is 0 Å². The molecule has 236 valence electrons. The summed E-state index contributed by atoms with van der Waals surface area (Å²) in [5, 5.41) is 20.3. The molecule has 6 nitrogen and oxygen atoms in total.